The maximum atomic E-state index is 12.4. The molecule has 0 fully saturated rings. The molecule has 0 aliphatic rings. The molecule has 5 nitrogen and oxygen atoms in total. The molecule has 0 aliphatic carbocycles. The Morgan fingerprint density at radius 3 is 2.65 bits per heavy atom. The highest BCUT2D eigenvalue weighted by atomic mass is 19.4. The Morgan fingerprint density at radius 2 is 2.04 bits per heavy atom. The molecule has 1 unspecified atom stereocenters. The highest BCUT2D eigenvalue weighted by molar-refractivity contribution is 5.98. The average molecular weight is 328 g/mol. The topological polar surface area (TPSA) is 62.7 Å². The molecule has 0 saturated heterocycles. The van der Waals surface area contributed by atoms with Crippen LogP contribution < -0.4 is 4.74 Å². The predicted octanol–water partition coefficient (Wildman–Crippen LogP) is 2.24. The molecule has 1 amide bonds. The van der Waals surface area contributed by atoms with Crippen molar-refractivity contribution in [3.63, 3.8) is 0 Å². The van der Waals surface area contributed by atoms with Crippen molar-refractivity contribution in [1.29, 1.82) is 0 Å². The van der Waals surface area contributed by atoms with Crippen LogP contribution in [0.4, 0.5) is 13.2 Å². The Bertz CT molecular complexity index is 719. The third-order valence-electron chi connectivity index (χ3n) is 3.29. The number of ether oxygens (including phenoxy) is 1. The lowest BCUT2D eigenvalue weighted by atomic mass is 10.1. The first-order valence-corrected chi connectivity index (χ1v) is 6.68. The zero-order valence-corrected chi connectivity index (χ0v) is 12.5. The zero-order chi connectivity index (χ0) is 17.2. The van der Waals surface area contributed by atoms with Crippen molar-refractivity contribution in [2.45, 2.75) is 12.3 Å². The van der Waals surface area contributed by atoms with Gasteiger partial charge in [0.25, 0.3) is 5.91 Å². The SMILES string of the molecule is COc1nc(C(=O)N(C)CC(O)C(F)(F)F)cc2ccccc12. The van der Waals surface area contributed by atoms with Crippen LogP contribution in [0.1, 0.15) is 10.5 Å². The third kappa shape index (κ3) is 3.70. The molecule has 124 valence electrons. The molecular weight excluding hydrogens is 313 g/mol. The van der Waals surface area contributed by atoms with E-state index in [1.165, 1.54) is 20.2 Å². The van der Waals surface area contributed by atoms with Crippen LogP contribution >= 0.6 is 0 Å². The summed E-state index contributed by atoms with van der Waals surface area (Å²) < 4.78 is 42.3. The number of amides is 1. The van der Waals surface area contributed by atoms with Crippen LogP contribution in [-0.2, 0) is 0 Å². The van der Waals surface area contributed by atoms with Gasteiger partial charge in [-0.2, -0.15) is 13.2 Å². The van der Waals surface area contributed by atoms with Crippen LogP contribution in [0.15, 0.2) is 30.3 Å². The quantitative estimate of drug-likeness (QED) is 0.935. The van der Waals surface area contributed by atoms with Crippen molar-refractivity contribution >= 4 is 16.7 Å². The lowest BCUT2D eigenvalue weighted by Gasteiger charge is -2.22. The van der Waals surface area contributed by atoms with E-state index < -0.39 is 24.7 Å². The summed E-state index contributed by atoms with van der Waals surface area (Å²) in [7, 11) is 2.56. The number of halogens is 3. The minimum Gasteiger partial charge on any atom is -0.481 e. The Balaban J connectivity index is 2.30. The lowest BCUT2D eigenvalue weighted by molar-refractivity contribution is -0.205. The molecule has 1 heterocycles. The van der Waals surface area contributed by atoms with Gasteiger partial charge in [-0.1, -0.05) is 18.2 Å². The average Bonchev–Trinajstić information content (AvgIpc) is 2.51. The summed E-state index contributed by atoms with van der Waals surface area (Å²) in [6, 6.07) is 8.50. The molecule has 0 bridgehead atoms. The fraction of sp³-hybridized carbons (Fsp3) is 0.333. The Labute approximate surface area is 130 Å². The first-order valence-electron chi connectivity index (χ1n) is 6.68. The van der Waals surface area contributed by atoms with Crippen LogP contribution in [0.2, 0.25) is 0 Å². The number of hydrogen-bond donors (Lipinski definition) is 1. The van der Waals surface area contributed by atoms with Crippen molar-refractivity contribution < 1.29 is 27.8 Å². The summed E-state index contributed by atoms with van der Waals surface area (Å²) in [4.78, 5) is 17.1. The van der Waals surface area contributed by atoms with Gasteiger partial charge in [-0.05, 0) is 17.5 Å². The fourth-order valence-electron chi connectivity index (χ4n) is 2.07. The smallest absolute Gasteiger partial charge is 0.416 e. The molecule has 1 atom stereocenters. The van der Waals surface area contributed by atoms with Gasteiger partial charge in [-0.15, -0.1) is 0 Å². The second-order valence-electron chi connectivity index (χ2n) is 4.98. The van der Waals surface area contributed by atoms with Gasteiger partial charge >= 0.3 is 6.18 Å². The molecular formula is C15H15F3N2O3. The number of carbonyl (C=O) groups is 1. The van der Waals surface area contributed by atoms with E-state index in [4.69, 9.17) is 9.84 Å². The fourth-order valence-corrected chi connectivity index (χ4v) is 2.07. The van der Waals surface area contributed by atoms with Crippen molar-refractivity contribution in [2.24, 2.45) is 0 Å². The Hall–Kier alpha value is -2.35. The summed E-state index contributed by atoms with van der Waals surface area (Å²) in [6.45, 7) is -0.876. The number of aromatic nitrogens is 1. The summed E-state index contributed by atoms with van der Waals surface area (Å²) >= 11 is 0. The normalized spacial score (nSPS) is 13.0. The predicted molar refractivity (Wildman–Crippen MR) is 77.3 cm³/mol. The monoisotopic (exact) mass is 328 g/mol. The first-order chi connectivity index (χ1) is 10.7. The summed E-state index contributed by atoms with van der Waals surface area (Å²) in [6.07, 6.45) is -7.40. The van der Waals surface area contributed by atoms with E-state index in [9.17, 15) is 18.0 Å². The van der Waals surface area contributed by atoms with Crippen LogP contribution in [0.3, 0.4) is 0 Å². The van der Waals surface area contributed by atoms with Crippen molar-refractivity contribution in [3.05, 3.63) is 36.0 Å². The van der Waals surface area contributed by atoms with E-state index >= 15 is 0 Å². The van der Waals surface area contributed by atoms with Gasteiger partial charge in [-0.25, -0.2) is 4.98 Å². The number of carbonyl (C=O) groups excluding carboxylic acids is 1. The van der Waals surface area contributed by atoms with E-state index in [1.54, 1.807) is 24.3 Å². The molecule has 1 aromatic carbocycles. The summed E-state index contributed by atoms with van der Waals surface area (Å²) in [5, 5.41) is 10.4. The number of nitrogens with zero attached hydrogens (tertiary/aromatic N) is 2. The second-order valence-corrected chi connectivity index (χ2v) is 4.98. The minimum atomic E-state index is -4.79. The molecule has 1 N–H and O–H groups in total. The Morgan fingerprint density at radius 1 is 1.39 bits per heavy atom. The first kappa shape index (κ1) is 17.0. The number of alkyl halides is 3. The number of methoxy groups -OCH3 is 1. The number of fused-ring (bicyclic) bond motifs is 1. The van der Waals surface area contributed by atoms with Crippen LogP contribution in [0.25, 0.3) is 10.8 Å². The number of pyridine rings is 1. The highest BCUT2D eigenvalue weighted by Crippen LogP contribution is 2.25. The van der Waals surface area contributed by atoms with Gasteiger partial charge < -0.3 is 14.7 Å². The molecule has 8 heteroatoms. The second kappa shape index (κ2) is 6.41. The molecule has 1 aromatic heterocycles. The van der Waals surface area contributed by atoms with Gasteiger partial charge in [0, 0.05) is 12.4 Å². The number of hydrogen-bond acceptors (Lipinski definition) is 4. The van der Waals surface area contributed by atoms with Gasteiger partial charge in [0.15, 0.2) is 6.10 Å². The van der Waals surface area contributed by atoms with Crippen LogP contribution in [-0.4, -0.2) is 53.9 Å². The number of aliphatic hydroxyl groups is 1. The molecule has 0 spiro atoms. The van der Waals surface area contributed by atoms with Gasteiger partial charge in [0.2, 0.25) is 5.88 Å². The van der Waals surface area contributed by atoms with E-state index in [1.807, 2.05) is 0 Å². The lowest BCUT2D eigenvalue weighted by Crippen LogP contribution is -2.42. The zero-order valence-electron chi connectivity index (χ0n) is 12.5. The summed E-state index contributed by atoms with van der Waals surface area (Å²) in [5.74, 6) is -0.534. The van der Waals surface area contributed by atoms with E-state index in [2.05, 4.69) is 4.98 Å². The molecule has 0 radical (unpaired) electrons. The van der Waals surface area contributed by atoms with Crippen molar-refractivity contribution in [1.82, 2.24) is 9.88 Å². The van der Waals surface area contributed by atoms with Crippen molar-refractivity contribution in [2.75, 3.05) is 20.7 Å². The number of aliphatic hydroxyl groups excluding tert-OH is 1. The molecule has 2 aromatic rings. The molecule has 0 aliphatic heterocycles. The minimum absolute atomic E-state index is 0.0579. The van der Waals surface area contributed by atoms with E-state index in [0.717, 1.165) is 4.90 Å². The van der Waals surface area contributed by atoms with Crippen LogP contribution in [0, 0.1) is 0 Å². The summed E-state index contributed by atoms with van der Waals surface area (Å²) in [5.41, 5.74) is -0.0579. The molecule has 2 rings (SSSR count). The van der Waals surface area contributed by atoms with Crippen molar-refractivity contribution in [3.8, 4) is 5.88 Å². The molecule has 0 saturated carbocycles. The molecule has 23 heavy (non-hydrogen) atoms. The number of likely N-dealkylation sites (N-methyl/N-ethyl adjacent to an activating group) is 1. The van der Waals surface area contributed by atoms with Gasteiger partial charge in [-0.3, -0.25) is 4.79 Å². The standard InChI is InChI=1S/C15H15F3N2O3/c1-20(8-12(21)15(16,17)18)14(22)11-7-9-5-3-4-6-10(9)13(19-11)23-2/h3-7,12,21H,8H2,1-2H3. The highest BCUT2D eigenvalue weighted by Gasteiger charge is 2.39. The van der Waals surface area contributed by atoms with Crippen LogP contribution in [0.5, 0.6) is 5.88 Å². The van der Waals surface area contributed by atoms with Gasteiger partial charge in [0.05, 0.1) is 13.7 Å². The maximum absolute atomic E-state index is 12.4. The largest absolute Gasteiger partial charge is 0.481 e. The Kier molecular flexibility index (Phi) is 4.74. The third-order valence-corrected chi connectivity index (χ3v) is 3.29. The number of rotatable bonds is 4. The maximum Gasteiger partial charge on any atom is 0.416 e. The van der Waals surface area contributed by atoms with Gasteiger partial charge in [0.1, 0.15) is 5.69 Å². The number of benzene rings is 1. The van der Waals surface area contributed by atoms with E-state index in [0.29, 0.717) is 10.8 Å². The van der Waals surface area contributed by atoms with E-state index in [-0.39, 0.29) is 11.6 Å².